The summed E-state index contributed by atoms with van der Waals surface area (Å²) >= 11 is 6.00. The standard InChI is InChI=1S/C16H23ClN2O/c1-16(2,3)18-15(20)13-7-8-19(11-13)10-12-5-4-6-14(17)9-12/h4-6,9,13H,7-8,10-11H2,1-3H3,(H,18,20). The molecule has 1 atom stereocenters. The highest BCUT2D eigenvalue weighted by molar-refractivity contribution is 6.30. The smallest absolute Gasteiger partial charge is 0.224 e. The molecule has 0 spiro atoms. The second kappa shape index (κ2) is 6.15. The zero-order valence-electron chi connectivity index (χ0n) is 12.4. The van der Waals surface area contributed by atoms with Crippen LogP contribution in [0.2, 0.25) is 5.02 Å². The highest BCUT2D eigenvalue weighted by Gasteiger charge is 2.29. The number of hydrogen-bond donors (Lipinski definition) is 1. The minimum atomic E-state index is -0.155. The van der Waals surface area contributed by atoms with E-state index in [1.807, 2.05) is 39.0 Å². The lowest BCUT2D eigenvalue weighted by atomic mass is 10.0. The van der Waals surface area contributed by atoms with Crippen LogP contribution in [0.4, 0.5) is 0 Å². The summed E-state index contributed by atoms with van der Waals surface area (Å²) in [5.74, 6) is 0.277. The van der Waals surface area contributed by atoms with E-state index in [0.717, 1.165) is 31.1 Å². The molecule has 110 valence electrons. The van der Waals surface area contributed by atoms with Gasteiger partial charge in [-0.25, -0.2) is 0 Å². The zero-order valence-corrected chi connectivity index (χ0v) is 13.2. The van der Waals surface area contributed by atoms with Gasteiger partial charge in [0.1, 0.15) is 0 Å². The van der Waals surface area contributed by atoms with Crippen LogP contribution in [0.15, 0.2) is 24.3 Å². The maximum atomic E-state index is 12.2. The predicted molar refractivity (Wildman–Crippen MR) is 82.7 cm³/mol. The van der Waals surface area contributed by atoms with Crippen molar-refractivity contribution in [2.75, 3.05) is 13.1 Å². The van der Waals surface area contributed by atoms with Crippen molar-refractivity contribution in [3.8, 4) is 0 Å². The lowest BCUT2D eigenvalue weighted by Gasteiger charge is -2.23. The first kappa shape index (κ1) is 15.3. The molecule has 1 aliphatic rings. The summed E-state index contributed by atoms with van der Waals surface area (Å²) in [5.41, 5.74) is 1.05. The number of carbonyl (C=O) groups excluding carboxylic acids is 1. The van der Waals surface area contributed by atoms with Gasteiger partial charge in [0.25, 0.3) is 0 Å². The molecule has 1 aromatic rings. The van der Waals surface area contributed by atoms with Crippen LogP contribution in [0.5, 0.6) is 0 Å². The molecule has 1 aromatic carbocycles. The van der Waals surface area contributed by atoms with E-state index in [2.05, 4.69) is 16.3 Å². The van der Waals surface area contributed by atoms with E-state index in [1.165, 1.54) is 5.56 Å². The van der Waals surface area contributed by atoms with Crippen molar-refractivity contribution in [1.82, 2.24) is 10.2 Å². The van der Waals surface area contributed by atoms with E-state index >= 15 is 0 Å². The first-order chi connectivity index (χ1) is 9.33. The molecule has 3 nitrogen and oxygen atoms in total. The summed E-state index contributed by atoms with van der Waals surface area (Å²) in [6.07, 6.45) is 0.933. The molecule has 1 fully saturated rings. The molecule has 1 aliphatic heterocycles. The van der Waals surface area contributed by atoms with E-state index in [0.29, 0.717) is 0 Å². The normalized spacial score (nSPS) is 20.1. The van der Waals surface area contributed by atoms with E-state index in [1.54, 1.807) is 0 Å². The Bertz CT molecular complexity index is 482. The van der Waals surface area contributed by atoms with Crippen molar-refractivity contribution >= 4 is 17.5 Å². The molecule has 1 amide bonds. The third-order valence-corrected chi connectivity index (χ3v) is 3.67. The number of benzene rings is 1. The number of nitrogens with zero attached hydrogens (tertiary/aromatic N) is 1. The second-order valence-corrected chi connectivity index (χ2v) is 7.03. The number of hydrogen-bond acceptors (Lipinski definition) is 2. The Kier molecular flexibility index (Phi) is 4.71. The Labute approximate surface area is 126 Å². The van der Waals surface area contributed by atoms with Gasteiger partial charge in [-0.1, -0.05) is 23.7 Å². The largest absolute Gasteiger partial charge is 0.351 e. The number of likely N-dealkylation sites (tertiary alicyclic amines) is 1. The van der Waals surface area contributed by atoms with Crippen molar-refractivity contribution < 1.29 is 4.79 Å². The molecule has 0 aromatic heterocycles. The molecule has 2 rings (SSSR count). The SMILES string of the molecule is CC(C)(C)NC(=O)C1CCN(Cc2cccc(Cl)c2)C1. The Morgan fingerprint density at radius 3 is 2.85 bits per heavy atom. The van der Waals surface area contributed by atoms with Crippen LogP contribution in [0.3, 0.4) is 0 Å². The average molecular weight is 295 g/mol. The summed E-state index contributed by atoms with van der Waals surface area (Å²) in [5, 5.41) is 3.84. The number of halogens is 1. The minimum Gasteiger partial charge on any atom is -0.351 e. The maximum absolute atomic E-state index is 12.2. The summed E-state index contributed by atoms with van der Waals surface area (Å²) in [4.78, 5) is 14.5. The average Bonchev–Trinajstić information content (AvgIpc) is 2.75. The predicted octanol–water partition coefficient (Wildman–Crippen LogP) is 3.08. The molecule has 0 saturated carbocycles. The van der Waals surface area contributed by atoms with Gasteiger partial charge < -0.3 is 5.32 Å². The van der Waals surface area contributed by atoms with Gasteiger partial charge in [0.15, 0.2) is 0 Å². The number of amides is 1. The molecule has 1 unspecified atom stereocenters. The summed E-state index contributed by atoms with van der Waals surface area (Å²) < 4.78 is 0. The van der Waals surface area contributed by atoms with Gasteiger partial charge in [0.2, 0.25) is 5.91 Å². The van der Waals surface area contributed by atoms with Gasteiger partial charge in [-0.15, -0.1) is 0 Å². The molecule has 0 radical (unpaired) electrons. The quantitative estimate of drug-likeness (QED) is 0.929. The van der Waals surface area contributed by atoms with E-state index in [4.69, 9.17) is 11.6 Å². The van der Waals surface area contributed by atoms with Gasteiger partial charge in [-0.05, 0) is 51.4 Å². The topological polar surface area (TPSA) is 32.3 Å². The first-order valence-corrected chi connectivity index (χ1v) is 7.50. The highest BCUT2D eigenvalue weighted by Crippen LogP contribution is 2.21. The fourth-order valence-corrected chi connectivity index (χ4v) is 2.77. The molecule has 0 aliphatic carbocycles. The monoisotopic (exact) mass is 294 g/mol. The van der Waals surface area contributed by atoms with Gasteiger partial charge >= 0.3 is 0 Å². The molecule has 20 heavy (non-hydrogen) atoms. The van der Waals surface area contributed by atoms with Crippen molar-refractivity contribution in [3.63, 3.8) is 0 Å². The molecule has 0 bridgehead atoms. The lowest BCUT2D eigenvalue weighted by molar-refractivity contribution is -0.126. The fourth-order valence-electron chi connectivity index (χ4n) is 2.56. The Morgan fingerprint density at radius 1 is 1.45 bits per heavy atom. The van der Waals surface area contributed by atoms with E-state index in [9.17, 15) is 4.79 Å². The number of carbonyl (C=O) groups is 1. The first-order valence-electron chi connectivity index (χ1n) is 7.12. The van der Waals surface area contributed by atoms with E-state index in [-0.39, 0.29) is 17.4 Å². The fraction of sp³-hybridized carbons (Fsp3) is 0.562. The molecule has 4 heteroatoms. The molecule has 1 N–H and O–H groups in total. The summed E-state index contributed by atoms with van der Waals surface area (Å²) in [7, 11) is 0. The van der Waals surface area contributed by atoms with Crippen molar-refractivity contribution in [3.05, 3.63) is 34.9 Å². The van der Waals surface area contributed by atoms with E-state index < -0.39 is 0 Å². The third-order valence-electron chi connectivity index (χ3n) is 3.44. The zero-order chi connectivity index (χ0) is 14.8. The van der Waals surface area contributed by atoms with Crippen molar-refractivity contribution in [2.24, 2.45) is 5.92 Å². The van der Waals surface area contributed by atoms with Gasteiger partial charge in [-0.3, -0.25) is 9.69 Å². The third kappa shape index (κ3) is 4.50. The number of nitrogens with one attached hydrogen (secondary N) is 1. The number of rotatable bonds is 3. The maximum Gasteiger partial charge on any atom is 0.224 e. The van der Waals surface area contributed by atoms with Crippen LogP contribution in [-0.4, -0.2) is 29.4 Å². The van der Waals surface area contributed by atoms with Gasteiger partial charge in [0.05, 0.1) is 5.92 Å². The summed E-state index contributed by atoms with van der Waals surface area (Å²) in [6, 6.07) is 7.92. The van der Waals surface area contributed by atoms with Crippen LogP contribution >= 0.6 is 11.6 Å². The molecular formula is C16H23ClN2O. The van der Waals surface area contributed by atoms with Crippen LogP contribution in [0, 0.1) is 5.92 Å². The Balaban J connectivity index is 1.88. The summed E-state index contributed by atoms with van der Waals surface area (Å²) in [6.45, 7) is 8.71. The van der Waals surface area contributed by atoms with Crippen molar-refractivity contribution in [2.45, 2.75) is 39.3 Å². The van der Waals surface area contributed by atoms with Crippen molar-refractivity contribution in [1.29, 1.82) is 0 Å². The molecule has 1 heterocycles. The van der Waals surface area contributed by atoms with Gasteiger partial charge in [0, 0.05) is 23.7 Å². The van der Waals surface area contributed by atoms with Crippen LogP contribution in [0.1, 0.15) is 32.8 Å². The van der Waals surface area contributed by atoms with Crippen LogP contribution in [0.25, 0.3) is 0 Å². The van der Waals surface area contributed by atoms with Crippen LogP contribution in [-0.2, 0) is 11.3 Å². The molecular weight excluding hydrogens is 272 g/mol. The Morgan fingerprint density at radius 2 is 2.20 bits per heavy atom. The van der Waals surface area contributed by atoms with Crippen LogP contribution < -0.4 is 5.32 Å². The van der Waals surface area contributed by atoms with Gasteiger partial charge in [-0.2, -0.15) is 0 Å². The minimum absolute atomic E-state index is 0.105. The second-order valence-electron chi connectivity index (χ2n) is 6.59. The lowest BCUT2D eigenvalue weighted by Crippen LogP contribution is -2.44. The Hall–Kier alpha value is -1.06. The molecule has 1 saturated heterocycles. The highest BCUT2D eigenvalue weighted by atomic mass is 35.5.